The van der Waals surface area contributed by atoms with Gasteiger partial charge >= 0.3 is 6.09 Å². The van der Waals surface area contributed by atoms with Crippen molar-refractivity contribution in [3.8, 4) is 0 Å². The Balaban J connectivity index is 0.00000106. The Morgan fingerprint density at radius 3 is 2.12 bits per heavy atom. The van der Waals surface area contributed by atoms with Gasteiger partial charge in [-0.1, -0.05) is 34.6 Å². The first kappa shape index (κ1) is 15.3. The van der Waals surface area contributed by atoms with Crippen LogP contribution in [0.4, 0.5) is 4.79 Å². The SMILES string of the molecule is CC.CC(NC(=O)OC1CCC1)C(C)(C)C. The highest BCUT2D eigenvalue weighted by atomic mass is 16.6. The first-order chi connectivity index (χ1) is 7.39. The Kier molecular flexibility index (Phi) is 6.46. The van der Waals surface area contributed by atoms with Crippen molar-refractivity contribution in [3.05, 3.63) is 0 Å². The van der Waals surface area contributed by atoms with Crippen molar-refractivity contribution in [1.29, 1.82) is 0 Å². The Labute approximate surface area is 99.9 Å². The van der Waals surface area contributed by atoms with Crippen LogP contribution in [0.3, 0.4) is 0 Å². The number of amides is 1. The molecule has 0 heterocycles. The van der Waals surface area contributed by atoms with Crippen LogP contribution in [0, 0.1) is 5.41 Å². The van der Waals surface area contributed by atoms with E-state index in [1.807, 2.05) is 20.8 Å². The molecule has 0 aromatic heterocycles. The Hall–Kier alpha value is -0.730. The highest BCUT2D eigenvalue weighted by Gasteiger charge is 2.25. The molecule has 0 saturated heterocycles. The molecule has 96 valence electrons. The van der Waals surface area contributed by atoms with Crippen molar-refractivity contribution < 1.29 is 9.53 Å². The van der Waals surface area contributed by atoms with Crippen LogP contribution in [0.15, 0.2) is 0 Å². The van der Waals surface area contributed by atoms with Gasteiger partial charge in [-0.15, -0.1) is 0 Å². The minimum Gasteiger partial charge on any atom is -0.446 e. The summed E-state index contributed by atoms with van der Waals surface area (Å²) in [5.74, 6) is 0. The third-order valence-corrected chi connectivity index (χ3v) is 2.96. The third kappa shape index (κ3) is 5.38. The average Bonchev–Trinajstić information content (AvgIpc) is 2.13. The zero-order valence-electron chi connectivity index (χ0n) is 11.6. The van der Waals surface area contributed by atoms with E-state index in [1.165, 1.54) is 6.42 Å². The highest BCUT2D eigenvalue weighted by molar-refractivity contribution is 5.67. The molecular weight excluding hydrogens is 202 g/mol. The molecule has 1 N–H and O–H groups in total. The van der Waals surface area contributed by atoms with Crippen LogP contribution in [0.1, 0.15) is 60.8 Å². The van der Waals surface area contributed by atoms with E-state index in [2.05, 4.69) is 26.1 Å². The van der Waals surface area contributed by atoms with Crippen LogP contribution >= 0.6 is 0 Å². The summed E-state index contributed by atoms with van der Waals surface area (Å²) in [5, 5.41) is 2.86. The standard InChI is InChI=1S/C11H21NO2.C2H6/c1-8(11(2,3)4)12-10(13)14-9-6-5-7-9;1-2/h8-9H,5-7H2,1-4H3,(H,12,13);1-2H3. The molecule has 1 saturated carbocycles. The van der Waals surface area contributed by atoms with Gasteiger partial charge in [-0.3, -0.25) is 0 Å². The summed E-state index contributed by atoms with van der Waals surface area (Å²) in [6.45, 7) is 12.3. The normalized spacial score (nSPS) is 17.6. The molecule has 1 rings (SSSR count). The van der Waals surface area contributed by atoms with Gasteiger partial charge < -0.3 is 10.1 Å². The van der Waals surface area contributed by atoms with E-state index < -0.39 is 0 Å². The Morgan fingerprint density at radius 1 is 1.31 bits per heavy atom. The van der Waals surface area contributed by atoms with Crippen molar-refractivity contribution in [2.45, 2.75) is 73.0 Å². The Bertz CT molecular complexity index is 204. The number of carbonyl (C=O) groups excluding carboxylic acids is 1. The summed E-state index contributed by atoms with van der Waals surface area (Å²) in [6, 6.07) is 0.134. The minimum absolute atomic E-state index is 0.0820. The number of nitrogens with one attached hydrogen (secondary N) is 1. The third-order valence-electron chi connectivity index (χ3n) is 2.96. The lowest BCUT2D eigenvalue weighted by Crippen LogP contribution is -2.43. The van der Waals surface area contributed by atoms with Gasteiger partial charge in [-0.25, -0.2) is 4.79 Å². The van der Waals surface area contributed by atoms with Gasteiger partial charge in [0.05, 0.1) is 0 Å². The summed E-state index contributed by atoms with van der Waals surface area (Å²) in [4.78, 5) is 11.4. The maximum Gasteiger partial charge on any atom is 0.407 e. The van der Waals surface area contributed by atoms with Gasteiger partial charge in [-0.05, 0) is 31.6 Å². The summed E-state index contributed by atoms with van der Waals surface area (Å²) >= 11 is 0. The number of ether oxygens (including phenoxy) is 1. The van der Waals surface area contributed by atoms with Crippen molar-refractivity contribution in [2.75, 3.05) is 0 Å². The zero-order chi connectivity index (χ0) is 12.8. The summed E-state index contributed by atoms with van der Waals surface area (Å²) in [5.41, 5.74) is 0.0820. The number of alkyl carbamates (subject to hydrolysis) is 1. The van der Waals surface area contributed by atoms with Crippen LogP contribution in [0.25, 0.3) is 0 Å². The lowest BCUT2D eigenvalue weighted by molar-refractivity contribution is 0.0476. The summed E-state index contributed by atoms with van der Waals surface area (Å²) in [7, 11) is 0. The fourth-order valence-corrected chi connectivity index (χ4v) is 1.07. The van der Waals surface area contributed by atoms with E-state index in [0.717, 1.165) is 12.8 Å². The summed E-state index contributed by atoms with van der Waals surface area (Å²) in [6.07, 6.45) is 3.14. The molecule has 1 amide bonds. The topological polar surface area (TPSA) is 38.3 Å². The van der Waals surface area contributed by atoms with Crippen LogP contribution < -0.4 is 5.32 Å². The van der Waals surface area contributed by atoms with Crippen molar-refractivity contribution in [1.82, 2.24) is 5.32 Å². The fourth-order valence-electron chi connectivity index (χ4n) is 1.07. The molecule has 16 heavy (non-hydrogen) atoms. The van der Waals surface area contributed by atoms with E-state index in [1.54, 1.807) is 0 Å². The summed E-state index contributed by atoms with van der Waals surface area (Å²) < 4.78 is 5.20. The molecule has 0 radical (unpaired) electrons. The molecule has 1 aliphatic carbocycles. The molecule has 3 nitrogen and oxygen atoms in total. The van der Waals surface area contributed by atoms with Gasteiger partial charge in [0.25, 0.3) is 0 Å². The first-order valence-electron chi connectivity index (χ1n) is 6.37. The molecule has 1 atom stereocenters. The minimum atomic E-state index is -0.267. The molecule has 3 heteroatoms. The van der Waals surface area contributed by atoms with Crippen molar-refractivity contribution in [2.24, 2.45) is 5.41 Å². The Morgan fingerprint density at radius 2 is 1.81 bits per heavy atom. The van der Waals surface area contributed by atoms with E-state index >= 15 is 0 Å². The van der Waals surface area contributed by atoms with Crippen molar-refractivity contribution in [3.63, 3.8) is 0 Å². The number of rotatable bonds is 2. The van der Waals surface area contributed by atoms with Crippen molar-refractivity contribution >= 4 is 6.09 Å². The molecule has 0 spiro atoms. The van der Waals surface area contributed by atoms with E-state index in [9.17, 15) is 4.79 Å². The lowest BCUT2D eigenvalue weighted by Gasteiger charge is -2.30. The predicted octanol–water partition coefficient (Wildman–Crippen LogP) is 3.73. The number of hydrogen-bond acceptors (Lipinski definition) is 2. The van der Waals surface area contributed by atoms with Gasteiger partial charge in [0.15, 0.2) is 0 Å². The van der Waals surface area contributed by atoms with Gasteiger partial charge in [0.2, 0.25) is 0 Å². The number of carbonyl (C=O) groups is 1. The smallest absolute Gasteiger partial charge is 0.407 e. The molecule has 0 aromatic carbocycles. The van der Waals surface area contributed by atoms with Crippen LogP contribution in [0.2, 0.25) is 0 Å². The molecule has 0 aromatic rings. The largest absolute Gasteiger partial charge is 0.446 e. The predicted molar refractivity (Wildman–Crippen MR) is 67.5 cm³/mol. The average molecular weight is 229 g/mol. The monoisotopic (exact) mass is 229 g/mol. The maximum atomic E-state index is 11.4. The number of hydrogen-bond donors (Lipinski definition) is 1. The van der Waals surface area contributed by atoms with Gasteiger partial charge in [0.1, 0.15) is 6.10 Å². The lowest BCUT2D eigenvalue weighted by atomic mass is 9.88. The van der Waals surface area contributed by atoms with Gasteiger partial charge in [0, 0.05) is 6.04 Å². The van der Waals surface area contributed by atoms with Crippen LogP contribution in [0.5, 0.6) is 0 Å². The second-order valence-corrected chi connectivity index (χ2v) is 5.19. The van der Waals surface area contributed by atoms with E-state index in [0.29, 0.717) is 0 Å². The van der Waals surface area contributed by atoms with E-state index in [-0.39, 0.29) is 23.7 Å². The van der Waals surface area contributed by atoms with Crippen LogP contribution in [-0.4, -0.2) is 18.2 Å². The van der Waals surface area contributed by atoms with Crippen LogP contribution in [-0.2, 0) is 4.74 Å². The molecule has 0 aliphatic heterocycles. The highest BCUT2D eigenvalue weighted by Crippen LogP contribution is 2.23. The molecular formula is C13H27NO2. The second kappa shape index (κ2) is 6.77. The molecule has 1 fully saturated rings. The molecule has 1 aliphatic rings. The van der Waals surface area contributed by atoms with E-state index in [4.69, 9.17) is 4.74 Å². The second-order valence-electron chi connectivity index (χ2n) is 5.19. The first-order valence-corrected chi connectivity index (χ1v) is 6.37. The maximum absolute atomic E-state index is 11.4. The quantitative estimate of drug-likeness (QED) is 0.783. The molecule has 0 bridgehead atoms. The molecule has 1 unspecified atom stereocenters. The zero-order valence-corrected chi connectivity index (χ0v) is 11.6. The van der Waals surface area contributed by atoms with Gasteiger partial charge in [-0.2, -0.15) is 0 Å². The fraction of sp³-hybridized carbons (Fsp3) is 0.923.